The number of aliphatic hydroxyl groups is 1. The summed E-state index contributed by atoms with van der Waals surface area (Å²) in [4.78, 5) is 26.9. The molecule has 3 rings (SSSR count). The molecule has 0 aromatic heterocycles. The minimum absolute atomic E-state index is 0.00268. The number of benzene rings is 1. The summed E-state index contributed by atoms with van der Waals surface area (Å²) in [5.41, 5.74) is 0.755. The lowest BCUT2D eigenvalue weighted by atomic mass is 9.96. The van der Waals surface area contributed by atoms with Gasteiger partial charge in [0.1, 0.15) is 6.10 Å². The third-order valence-electron chi connectivity index (χ3n) is 5.72. The van der Waals surface area contributed by atoms with Crippen LogP contribution in [0.15, 0.2) is 30.3 Å². The monoisotopic (exact) mass is 403 g/mol. The Morgan fingerprint density at radius 1 is 1.07 bits per heavy atom. The highest BCUT2D eigenvalue weighted by Gasteiger charge is 2.32. The van der Waals surface area contributed by atoms with Gasteiger partial charge >= 0.3 is 0 Å². The second kappa shape index (κ2) is 11.3. The summed E-state index contributed by atoms with van der Waals surface area (Å²) in [6, 6.07) is 9.10. The molecule has 0 bridgehead atoms. The van der Waals surface area contributed by atoms with Crippen molar-refractivity contribution >= 4 is 17.5 Å². The number of ether oxygens (including phenoxy) is 1. The van der Waals surface area contributed by atoms with E-state index in [0.29, 0.717) is 19.3 Å². The van der Waals surface area contributed by atoms with Gasteiger partial charge in [0, 0.05) is 18.7 Å². The summed E-state index contributed by atoms with van der Waals surface area (Å²) in [5.74, 6) is -0.107. The zero-order valence-corrected chi connectivity index (χ0v) is 17.0. The van der Waals surface area contributed by atoms with Crippen molar-refractivity contribution in [1.82, 2.24) is 10.2 Å². The topological polar surface area (TPSA) is 90.9 Å². The van der Waals surface area contributed by atoms with Gasteiger partial charge in [-0.2, -0.15) is 0 Å². The maximum Gasteiger partial charge on any atom is 0.226 e. The number of nitrogens with one attached hydrogen (secondary N) is 2. The Kier molecular flexibility index (Phi) is 8.46. The zero-order chi connectivity index (χ0) is 20.5. The van der Waals surface area contributed by atoms with Gasteiger partial charge in [-0.1, -0.05) is 24.6 Å². The van der Waals surface area contributed by atoms with E-state index in [-0.39, 0.29) is 37.0 Å². The van der Waals surface area contributed by atoms with Crippen molar-refractivity contribution in [2.45, 2.75) is 63.2 Å². The van der Waals surface area contributed by atoms with Crippen molar-refractivity contribution in [3.05, 3.63) is 30.3 Å². The number of para-hydroxylation sites is 1. The highest BCUT2D eigenvalue weighted by atomic mass is 16.5. The predicted octanol–water partition coefficient (Wildman–Crippen LogP) is 1.92. The number of rotatable bonds is 8. The number of nitrogens with zero attached hydrogens (tertiary/aromatic N) is 1. The Labute approximate surface area is 172 Å². The van der Waals surface area contributed by atoms with E-state index in [0.717, 1.165) is 25.3 Å². The predicted molar refractivity (Wildman–Crippen MR) is 112 cm³/mol. The number of hydrogen-bond donors (Lipinski definition) is 3. The highest BCUT2D eigenvalue weighted by Crippen LogP contribution is 2.22. The second-order valence-corrected chi connectivity index (χ2v) is 8.00. The number of carbonyl (C=O) groups is 2. The molecule has 2 saturated heterocycles. The van der Waals surface area contributed by atoms with Crippen LogP contribution in [0.2, 0.25) is 0 Å². The highest BCUT2D eigenvalue weighted by molar-refractivity contribution is 5.90. The minimum Gasteiger partial charge on any atom is -0.394 e. The molecule has 1 aromatic rings. The van der Waals surface area contributed by atoms with Gasteiger partial charge in [0.2, 0.25) is 11.8 Å². The van der Waals surface area contributed by atoms with Crippen molar-refractivity contribution < 1.29 is 19.4 Å². The number of hydrogen-bond acceptors (Lipinski definition) is 5. The van der Waals surface area contributed by atoms with E-state index < -0.39 is 6.10 Å². The standard InChI is InChI=1S/C22H33N3O4/c26-16-20-19(24-21(27)11-14-25-12-5-2-6-13-25)10-9-18(29-20)15-22(28)23-17-7-3-1-4-8-17/h1,3-4,7-8,18-20,26H,2,5-6,9-16H2,(H,23,28)(H,24,27)/t18-,19+,20+/m1/s1. The molecule has 2 amide bonds. The van der Waals surface area contributed by atoms with E-state index in [2.05, 4.69) is 15.5 Å². The number of carbonyl (C=O) groups excluding carboxylic acids is 2. The Bertz CT molecular complexity index is 649. The van der Waals surface area contributed by atoms with E-state index in [1.54, 1.807) is 0 Å². The van der Waals surface area contributed by atoms with E-state index >= 15 is 0 Å². The molecule has 3 atom stereocenters. The third-order valence-corrected chi connectivity index (χ3v) is 5.72. The van der Waals surface area contributed by atoms with Gasteiger partial charge in [-0.05, 0) is 50.9 Å². The lowest BCUT2D eigenvalue weighted by Gasteiger charge is -2.36. The SMILES string of the molecule is O=C(C[C@H]1CC[C@H](NC(=O)CCN2CCCCC2)[C@H](CO)O1)Nc1ccccc1. The molecule has 0 saturated carbocycles. The fourth-order valence-electron chi connectivity index (χ4n) is 4.11. The van der Waals surface area contributed by atoms with Crippen LogP contribution in [0.4, 0.5) is 5.69 Å². The number of piperidine rings is 1. The molecule has 7 nitrogen and oxygen atoms in total. The first-order chi connectivity index (χ1) is 14.1. The molecule has 160 valence electrons. The van der Waals surface area contributed by atoms with Gasteiger partial charge in [0.25, 0.3) is 0 Å². The molecule has 2 aliphatic heterocycles. The summed E-state index contributed by atoms with van der Waals surface area (Å²) in [5, 5.41) is 15.6. The lowest BCUT2D eigenvalue weighted by Crippen LogP contribution is -2.51. The van der Waals surface area contributed by atoms with Crippen LogP contribution in [0, 0.1) is 0 Å². The van der Waals surface area contributed by atoms with E-state index in [1.807, 2.05) is 30.3 Å². The number of anilines is 1. The Hall–Kier alpha value is -1.96. The fraction of sp³-hybridized carbons (Fsp3) is 0.636. The lowest BCUT2D eigenvalue weighted by molar-refractivity contribution is -0.133. The van der Waals surface area contributed by atoms with Gasteiger partial charge in [-0.3, -0.25) is 9.59 Å². The van der Waals surface area contributed by atoms with Gasteiger partial charge < -0.3 is 25.4 Å². The molecule has 0 spiro atoms. The molecular formula is C22H33N3O4. The van der Waals surface area contributed by atoms with Crippen LogP contribution in [0.3, 0.4) is 0 Å². The minimum atomic E-state index is -0.475. The molecular weight excluding hydrogens is 370 g/mol. The largest absolute Gasteiger partial charge is 0.394 e. The summed E-state index contributed by atoms with van der Waals surface area (Å²) in [6.07, 6.45) is 5.06. The summed E-state index contributed by atoms with van der Waals surface area (Å²) in [6.45, 7) is 2.76. The van der Waals surface area contributed by atoms with Crippen molar-refractivity contribution in [1.29, 1.82) is 0 Å². The van der Waals surface area contributed by atoms with Crippen LogP contribution in [0.5, 0.6) is 0 Å². The average Bonchev–Trinajstić information content (AvgIpc) is 2.74. The van der Waals surface area contributed by atoms with Crippen LogP contribution in [0.1, 0.15) is 44.9 Å². The maximum atomic E-state index is 12.3. The van der Waals surface area contributed by atoms with Crippen LogP contribution < -0.4 is 10.6 Å². The smallest absolute Gasteiger partial charge is 0.226 e. The quantitative estimate of drug-likeness (QED) is 0.617. The van der Waals surface area contributed by atoms with Crippen molar-refractivity contribution in [2.75, 3.05) is 31.6 Å². The van der Waals surface area contributed by atoms with Gasteiger partial charge in [-0.15, -0.1) is 0 Å². The van der Waals surface area contributed by atoms with Crippen LogP contribution >= 0.6 is 0 Å². The Balaban J connectivity index is 1.40. The molecule has 2 fully saturated rings. The van der Waals surface area contributed by atoms with E-state index in [1.165, 1.54) is 19.3 Å². The van der Waals surface area contributed by atoms with Gasteiger partial charge in [-0.25, -0.2) is 0 Å². The maximum absolute atomic E-state index is 12.3. The molecule has 3 N–H and O–H groups in total. The Morgan fingerprint density at radius 3 is 2.55 bits per heavy atom. The van der Waals surface area contributed by atoms with Crippen molar-refractivity contribution in [2.24, 2.45) is 0 Å². The third kappa shape index (κ3) is 7.10. The van der Waals surface area contributed by atoms with Gasteiger partial charge in [0.05, 0.1) is 25.2 Å². The molecule has 2 aliphatic rings. The number of aliphatic hydroxyl groups excluding tert-OH is 1. The molecule has 1 aromatic carbocycles. The zero-order valence-electron chi connectivity index (χ0n) is 17.0. The summed E-state index contributed by atoms with van der Waals surface area (Å²) >= 11 is 0. The molecule has 0 unspecified atom stereocenters. The summed E-state index contributed by atoms with van der Waals surface area (Å²) in [7, 11) is 0. The van der Waals surface area contributed by atoms with Crippen molar-refractivity contribution in [3.63, 3.8) is 0 Å². The van der Waals surface area contributed by atoms with Crippen LogP contribution in [-0.2, 0) is 14.3 Å². The fourth-order valence-corrected chi connectivity index (χ4v) is 4.11. The van der Waals surface area contributed by atoms with E-state index in [4.69, 9.17) is 4.74 Å². The first-order valence-corrected chi connectivity index (χ1v) is 10.8. The molecule has 0 aliphatic carbocycles. The van der Waals surface area contributed by atoms with Crippen molar-refractivity contribution in [3.8, 4) is 0 Å². The van der Waals surface area contributed by atoms with Crippen LogP contribution in [0.25, 0.3) is 0 Å². The first kappa shape index (κ1) is 21.7. The number of likely N-dealkylation sites (tertiary alicyclic amines) is 1. The second-order valence-electron chi connectivity index (χ2n) is 8.00. The molecule has 29 heavy (non-hydrogen) atoms. The average molecular weight is 404 g/mol. The molecule has 2 heterocycles. The van der Waals surface area contributed by atoms with E-state index in [9.17, 15) is 14.7 Å². The number of amides is 2. The summed E-state index contributed by atoms with van der Waals surface area (Å²) < 4.78 is 5.92. The first-order valence-electron chi connectivity index (χ1n) is 10.8. The molecule has 7 heteroatoms. The Morgan fingerprint density at radius 2 is 1.83 bits per heavy atom. The van der Waals surface area contributed by atoms with Crippen LogP contribution in [-0.4, -0.2) is 66.3 Å². The normalized spacial score (nSPS) is 25.3. The molecule has 0 radical (unpaired) electrons. The van der Waals surface area contributed by atoms with Gasteiger partial charge in [0.15, 0.2) is 0 Å².